The molecule has 0 radical (unpaired) electrons. The Morgan fingerprint density at radius 1 is 1.65 bits per heavy atom. The van der Waals surface area contributed by atoms with E-state index in [4.69, 9.17) is 0 Å². The number of nitrogens with one attached hydrogen (secondary N) is 1. The fourth-order valence-corrected chi connectivity index (χ4v) is 3.32. The first kappa shape index (κ1) is 13.4. The quantitative estimate of drug-likeness (QED) is 0.708. The van der Waals surface area contributed by atoms with E-state index in [1.165, 1.54) is 29.1 Å². The highest BCUT2D eigenvalue weighted by molar-refractivity contribution is 8.03. The number of carbonyl (C=O) groups excluding carboxylic acids is 2. The summed E-state index contributed by atoms with van der Waals surface area (Å²) in [5.74, 6) is -0.583. The SMILES string of the molecule is O=C(/C=C1/NCC[C@H]1O)CN1C=NC2SC=CC2C1=O. The van der Waals surface area contributed by atoms with E-state index in [1.54, 1.807) is 0 Å². The van der Waals surface area contributed by atoms with Crippen molar-refractivity contribution in [1.29, 1.82) is 0 Å². The fraction of sp³-hybridized carbons (Fsp3) is 0.462. The molecular formula is C13H15N3O3S. The molecule has 0 saturated carbocycles. The largest absolute Gasteiger partial charge is 0.387 e. The number of nitrogens with zero attached hydrogens (tertiary/aromatic N) is 2. The van der Waals surface area contributed by atoms with E-state index < -0.39 is 6.10 Å². The molecule has 0 bridgehead atoms. The molecule has 20 heavy (non-hydrogen) atoms. The van der Waals surface area contributed by atoms with Crippen molar-refractivity contribution in [3.63, 3.8) is 0 Å². The first-order valence-corrected chi connectivity index (χ1v) is 7.42. The standard InChI is InChI=1S/C13H15N3O3S/c17-8(5-10-11(18)1-3-14-10)6-16-7-15-12-9(13(16)19)2-4-20-12/h2,4-5,7,9,11-12,14,18H,1,3,6H2/b10-5+/t9?,11-,12?/m1/s1. The Morgan fingerprint density at radius 3 is 3.25 bits per heavy atom. The van der Waals surface area contributed by atoms with E-state index in [0.717, 1.165) is 0 Å². The molecule has 3 atom stereocenters. The number of rotatable bonds is 3. The second-order valence-electron chi connectivity index (χ2n) is 4.91. The van der Waals surface area contributed by atoms with Crippen molar-refractivity contribution in [1.82, 2.24) is 10.2 Å². The van der Waals surface area contributed by atoms with Gasteiger partial charge in [0.1, 0.15) is 5.37 Å². The van der Waals surface area contributed by atoms with Gasteiger partial charge < -0.3 is 10.4 Å². The summed E-state index contributed by atoms with van der Waals surface area (Å²) in [6.45, 7) is 0.623. The highest BCUT2D eigenvalue weighted by Gasteiger charge is 2.36. The Morgan fingerprint density at radius 2 is 2.50 bits per heavy atom. The number of fused-ring (bicyclic) bond motifs is 1. The van der Waals surface area contributed by atoms with Gasteiger partial charge >= 0.3 is 0 Å². The lowest BCUT2D eigenvalue weighted by Gasteiger charge is -2.26. The molecule has 0 spiro atoms. The number of thioether (sulfide) groups is 1. The summed E-state index contributed by atoms with van der Waals surface area (Å²) in [5, 5.41) is 14.4. The molecule has 1 saturated heterocycles. The summed E-state index contributed by atoms with van der Waals surface area (Å²) in [6, 6.07) is 0. The highest BCUT2D eigenvalue weighted by Crippen LogP contribution is 2.33. The number of aliphatic imine (C=N–C) groups is 1. The number of ketones is 1. The van der Waals surface area contributed by atoms with Crippen LogP contribution >= 0.6 is 11.8 Å². The normalized spacial score (nSPS) is 33.6. The van der Waals surface area contributed by atoms with Gasteiger partial charge in [0.25, 0.3) is 0 Å². The van der Waals surface area contributed by atoms with Crippen molar-refractivity contribution in [2.24, 2.45) is 10.9 Å². The van der Waals surface area contributed by atoms with Crippen LogP contribution in [0.5, 0.6) is 0 Å². The molecule has 7 heteroatoms. The Kier molecular flexibility index (Phi) is 3.62. The van der Waals surface area contributed by atoms with Crippen molar-refractivity contribution in [3.8, 4) is 0 Å². The zero-order valence-corrected chi connectivity index (χ0v) is 11.5. The molecular weight excluding hydrogens is 278 g/mol. The molecule has 1 fully saturated rings. The summed E-state index contributed by atoms with van der Waals surface area (Å²) in [4.78, 5) is 29.7. The minimum absolute atomic E-state index is 0.0397. The van der Waals surface area contributed by atoms with E-state index in [1.807, 2.05) is 11.5 Å². The number of aliphatic hydroxyl groups excluding tert-OH is 1. The van der Waals surface area contributed by atoms with Crippen LogP contribution in [0.25, 0.3) is 0 Å². The lowest BCUT2D eigenvalue weighted by Crippen LogP contribution is -2.43. The molecule has 6 nitrogen and oxygen atoms in total. The van der Waals surface area contributed by atoms with Crippen LogP contribution in [0.2, 0.25) is 0 Å². The average Bonchev–Trinajstić information content (AvgIpc) is 3.03. The van der Waals surface area contributed by atoms with Crippen molar-refractivity contribution < 1.29 is 14.7 Å². The Hall–Kier alpha value is -1.60. The predicted molar refractivity (Wildman–Crippen MR) is 75.9 cm³/mol. The van der Waals surface area contributed by atoms with Crippen LogP contribution in [0, 0.1) is 5.92 Å². The van der Waals surface area contributed by atoms with Crippen LogP contribution in [0.3, 0.4) is 0 Å². The second kappa shape index (κ2) is 5.41. The molecule has 2 unspecified atom stereocenters. The van der Waals surface area contributed by atoms with Crippen molar-refractivity contribution in [3.05, 3.63) is 23.3 Å². The van der Waals surface area contributed by atoms with Crippen LogP contribution in [0.1, 0.15) is 6.42 Å². The third kappa shape index (κ3) is 2.51. The first-order valence-electron chi connectivity index (χ1n) is 6.47. The van der Waals surface area contributed by atoms with Gasteiger partial charge in [0.05, 0.1) is 24.9 Å². The van der Waals surface area contributed by atoms with E-state index >= 15 is 0 Å². The van der Waals surface area contributed by atoms with Crippen LogP contribution in [0.4, 0.5) is 0 Å². The van der Waals surface area contributed by atoms with Crippen molar-refractivity contribution >= 4 is 29.8 Å². The van der Waals surface area contributed by atoms with E-state index in [9.17, 15) is 14.7 Å². The number of hydrogen-bond donors (Lipinski definition) is 2. The molecule has 0 aromatic rings. The minimum atomic E-state index is -0.608. The molecule has 0 aromatic heterocycles. The van der Waals surface area contributed by atoms with Crippen LogP contribution in [-0.2, 0) is 9.59 Å². The van der Waals surface area contributed by atoms with Gasteiger partial charge in [0.2, 0.25) is 5.91 Å². The number of hydrogen-bond acceptors (Lipinski definition) is 6. The third-order valence-electron chi connectivity index (χ3n) is 3.48. The van der Waals surface area contributed by atoms with Gasteiger partial charge in [0, 0.05) is 18.3 Å². The summed E-state index contributed by atoms with van der Waals surface area (Å²) in [5.41, 5.74) is 0.533. The Labute approximate surface area is 120 Å². The van der Waals surface area contributed by atoms with E-state index in [2.05, 4.69) is 10.3 Å². The van der Waals surface area contributed by atoms with Gasteiger partial charge in [-0.1, -0.05) is 6.08 Å². The van der Waals surface area contributed by atoms with Crippen molar-refractivity contribution in [2.45, 2.75) is 17.9 Å². The zero-order valence-electron chi connectivity index (χ0n) is 10.7. The van der Waals surface area contributed by atoms with Gasteiger partial charge in [-0.3, -0.25) is 19.5 Å². The van der Waals surface area contributed by atoms with Crippen LogP contribution < -0.4 is 5.32 Å². The first-order chi connectivity index (χ1) is 9.65. The summed E-state index contributed by atoms with van der Waals surface area (Å²) >= 11 is 1.51. The van der Waals surface area contributed by atoms with Crippen molar-refractivity contribution in [2.75, 3.05) is 13.1 Å². The third-order valence-corrected chi connectivity index (χ3v) is 4.49. The molecule has 3 aliphatic heterocycles. The number of aliphatic hydroxyl groups is 1. The number of amides is 1. The predicted octanol–water partition coefficient (Wildman–Crippen LogP) is -0.133. The molecule has 3 aliphatic rings. The molecule has 3 rings (SSSR count). The van der Waals surface area contributed by atoms with E-state index in [0.29, 0.717) is 18.7 Å². The van der Waals surface area contributed by atoms with Gasteiger partial charge in [-0.2, -0.15) is 0 Å². The molecule has 1 amide bonds. The molecule has 0 aliphatic carbocycles. The summed E-state index contributed by atoms with van der Waals surface area (Å²) in [7, 11) is 0. The lowest BCUT2D eigenvalue weighted by molar-refractivity contribution is -0.132. The van der Waals surface area contributed by atoms with Gasteiger partial charge in [0.15, 0.2) is 5.78 Å². The molecule has 106 valence electrons. The van der Waals surface area contributed by atoms with E-state index in [-0.39, 0.29) is 29.5 Å². The average molecular weight is 293 g/mol. The maximum Gasteiger partial charge on any atom is 0.238 e. The van der Waals surface area contributed by atoms with Crippen LogP contribution in [-0.4, -0.2) is 52.6 Å². The Bertz CT molecular complexity index is 529. The van der Waals surface area contributed by atoms with Gasteiger partial charge in [-0.15, -0.1) is 11.8 Å². The topological polar surface area (TPSA) is 82.0 Å². The van der Waals surface area contributed by atoms with Gasteiger partial charge in [-0.25, -0.2) is 0 Å². The number of carbonyl (C=O) groups is 2. The monoisotopic (exact) mass is 293 g/mol. The summed E-state index contributed by atoms with van der Waals surface area (Å²) in [6.07, 6.45) is 4.65. The van der Waals surface area contributed by atoms with Crippen LogP contribution in [0.15, 0.2) is 28.2 Å². The smallest absolute Gasteiger partial charge is 0.238 e. The lowest BCUT2D eigenvalue weighted by atomic mass is 10.1. The Balaban J connectivity index is 1.66. The molecule has 3 heterocycles. The zero-order chi connectivity index (χ0) is 14.1. The maximum atomic E-state index is 12.2. The summed E-state index contributed by atoms with van der Waals surface area (Å²) < 4.78 is 0. The highest BCUT2D eigenvalue weighted by atomic mass is 32.2. The second-order valence-corrected chi connectivity index (χ2v) is 5.94. The fourth-order valence-electron chi connectivity index (χ4n) is 2.40. The maximum absolute atomic E-state index is 12.2. The molecule has 0 aromatic carbocycles. The molecule has 2 N–H and O–H groups in total. The minimum Gasteiger partial charge on any atom is -0.387 e. The van der Waals surface area contributed by atoms with Gasteiger partial charge in [-0.05, 0) is 11.8 Å².